The van der Waals surface area contributed by atoms with Crippen molar-refractivity contribution in [1.29, 1.82) is 0 Å². The quantitative estimate of drug-likeness (QED) is 0.760. The predicted octanol–water partition coefficient (Wildman–Crippen LogP) is 1.28. The van der Waals surface area contributed by atoms with Crippen LogP contribution in [0.1, 0.15) is 30.3 Å². The Hall–Kier alpha value is -1.32. The van der Waals surface area contributed by atoms with Gasteiger partial charge in [0.1, 0.15) is 5.69 Å². The van der Waals surface area contributed by atoms with E-state index in [0.717, 1.165) is 19.4 Å². The number of carbonyl (C=O) groups is 1. The molecule has 4 nitrogen and oxygen atoms in total. The second-order valence-electron chi connectivity index (χ2n) is 3.05. The van der Waals surface area contributed by atoms with Crippen LogP contribution in [0, 0.1) is 0 Å². The van der Waals surface area contributed by atoms with Gasteiger partial charge in [-0.25, -0.2) is 0 Å². The van der Waals surface area contributed by atoms with Gasteiger partial charge in [-0.2, -0.15) is 5.10 Å². The summed E-state index contributed by atoms with van der Waals surface area (Å²) in [5.74, 6) is 0.00551. The number of rotatable bonds is 4. The molecular formula is C9H15N3O. The van der Waals surface area contributed by atoms with Crippen LogP contribution in [-0.2, 0) is 0 Å². The van der Waals surface area contributed by atoms with Crippen molar-refractivity contribution in [3.8, 4) is 0 Å². The van der Waals surface area contributed by atoms with Crippen molar-refractivity contribution in [2.45, 2.75) is 19.8 Å². The molecule has 0 aliphatic carbocycles. The van der Waals surface area contributed by atoms with E-state index in [0.29, 0.717) is 5.69 Å². The van der Waals surface area contributed by atoms with Crippen LogP contribution in [0.15, 0.2) is 12.3 Å². The molecule has 72 valence electrons. The van der Waals surface area contributed by atoms with Gasteiger partial charge in [0.25, 0.3) is 5.91 Å². The topological polar surface area (TPSA) is 49.0 Å². The molecule has 1 rings (SSSR count). The first-order valence-corrected chi connectivity index (χ1v) is 4.50. The molecule has 0 saturated carbocycles. The largest absolute Gasteiger partial charge is 0.340 e. The van der Waals surface area contributed by atoms with E-state index in [1.165, 1.54) is 0 Å². The maximum absolute atomic E-state index is 11.6. The van der Waals surface area contributed by atoms with Gasteiger partial charge in [0, 0.05) is 19.8 Å². The summed E-state index contributed by atoms with van der Waals surface area (Å²) in [6.07, 6.45) is 3.72. The van der Waals surface area contributed by atoms with Crippen molar-refractivity contribution >= 4 is 5.91 Å². The number of aromatic nitrogens is 2. The lowest BCUT2D eigenvalue weighted by atomic mass is 10.3. The first-order valence-electron chi connectivity index (χ1n) is 4.50. The lowest BCUT2D eigenvalue weighted by Gasteiger charge is -2.14. The molecule has 1 N–H and O–H groups in total. The number of aromatic amines is 1. The van der Waals surface area contributed by atoms with Crippen molar-refractivity contribution in [3.05, 3.63) is 18.0 Å². The van der Waals surface area contributed by atoms with Gasteiger partial charge in [0.05, 0.1) is 0 Å². The van der Waals surface area contributed by atoms with Crippen LogP contribution in [0.4, 0.5) is 0 Å². The van der Waals surface area contributed by atoms with Gasteiger partial charge in [0.15, 0.2) is 0 Å². The lowest BCUT2D eigenvalue weighted by Crippen LogP contribution is -2.27. The highest BCUT2D eigenvalue weighted by atomic mass is 16.2. The summed E-state index contributed by atoms with van der Waals surface area (Å²) < 4.78 is 0. The third kappa shape index (κ3) is 2.57. The molecule has 0 aromatic carbocycles. The molecule has 13 heavy (non-hydrogen) atoms. The zero-order valence-corrected chi connectivity index (χ0v) is 8.08. The Bertz CT molecular complexity index is 256. The maximum atomic E-state index is 11.6. The molecule has 0 spiro atoms. The SMILES string of the molecule is CCCCN(C)C(=O)c1ccn[nH]1. The predicted molar refractivity (Wildman–Crippen MR) is 50.5 cm³/mol. The molecular weight excluding hydrogens is 166 g/mol. The van der Waals surface area contributed by atoms with Crippen LogP contribution < -0.4 is 0 Å². The van der Waals surface area contributed by atoms with Crippen LogP contribution in [-0.4, -0.2) is 34.6 Å². The first kappa shape index (κ1) is 9.77. The number of hydrogen-bond acceptors (Lipinski definition) is 2. The maximum Gasteiger partial charge on any atom is 0.271 e. The summed E-state index contributed by atoms with van der Waals surface area (Å²) in [6.45, 7) is 2.91. The molecule has 0 bridgehead atoms. The van der Waals surface area contributed by atoms with Gasteiger partial charge >= 0.3 is 0 Å². The molecule has 0 fully saturated rings. The molecule has 1 amide bonds. The number of hydrogen-bond donors (Lipinski definition) is 1. The van der Waals surface area contributed by atoms with Crippen molar-refractivity contribution in [1.82, 2.24) is 15.1 Å². The second-order valence-corrected chi connectivity index (χ2v) is 3.05. The molecule has 0 unspecified atom stereocenters. The fraction of sp³-hybridized carbons (Fsp3) is 0.556. The number of carbonyl (C=O) groups excluding carboxylic acids is 1. The molecule has 0 aliphatic rings. The number of amides is 1. The zero-order chi connectivity index (χ0) is 9.68. The van der Waals surface area contributed by atoms with E-state index in [1.54, 1.807) is 24.2 Å². The summed E-state index contributed by atoms with van der Waals surface area (Å²) in [5.41, 5.74) is 0.554. The average molecular weight is 181 g/mol. The minimum absolute atomic E-state index is 0.00551. The Morgan fingerprint density at radius 2 is 2.46 bits per heavy atom. The molecule has 1 aromatic heterocycles. The van der Waals surface area contributed by atoms with Crippen molar-refractivity contribution in [3.63, 3.8) is 0 Å². The molecule has 4 heteroatoms. The van der Waals surface area contributed by atoms with Crippen molar-refractivity contribution < 1.29 is 4.79 Å². The molecule has 0 aliphatic heterocycles. The molecule has 0 atom stereocenters. The highest BCUT2D eigenvalue weighted by Crippen LogP contribution is 1.99. The van der Waals surface area contributed by atoms with E-state index in [2.05, 4.69) is 17.1 Å². The first-order chi connectivity index (χ1) is 6.25. The van der Waals surface area contributed by atoms with E-state index in [-0.39, 0.29) is 5.91 Å². The molecule has 0 saturated heterocycles. The van der Waals surface area contributed by atoms with E-state index in [9.17, 15) is 4.79 Å². The summed E-state index contributed by atoms with van der Waals surface area (Å²) >= 11 is 0. The Kier molecular flexibility index (Phi) is 3.49. The monoisotopic (exact) mass is 181 g/mol. The van der Waals surface area contributed by atoms with Gasteiger partial charge in [-0.15, -0.1) is 0 Å². The Balaban J connectivity index is 2.48. The minimum Gasteiger partial charge on any atom is -0.340 e. The Morgan fingerprint density at radius 1 is 1.69 bits per heavy atom. The highest BCUT2D eigenvalue weighted by Gasteiger charge is 2.11. The summed E-state index contributed by atoms with van der Waals surface area (Å²) in [5, 5.41) is 6.39. The second kappa shape index (κ2) is 4.64. The zero-order valence-electron chi connectivity index (χ0n) is 8.08. The van der Waals surface area contributed by atoms with Crippen LogP contribution in [0.3, 0.4) is 0 Å². The summed E-state index contributed by atoms with van der Waals surface area (Å²) in [4.78, 5) is 13.3. The smallest absolute Gasteiger partial charge is 0.271 e. The number of nitrogens with zero attached hydrogens (tertiary/aromatic N) is 2. The number of nitrogens with one attached hydrogen (secondary N) is 1. The molecule has 0 radical (unpaired) electrons. The van der Waals surface area contributed by atoms with E-state index < -0.39 is 0 Å². The molecule has 1 aromatic rings. The van der Waals surface area contributed by atoms with Gasteiger partial charge in [0.2, 0.25) is 0 Å². The average Bonchev–Trinajstić information content (AvgIpc) is 2.65. The van der Waals surface area contributed by atoms with E-state index in [1.807, 2.05) is 0 Å². The van der Waals surface area contributed by atoms with E-state index >= 15 is 0 Å². The van der Waals surface area contributed by atoms with Crippen LogP contribution in [0.25, 0.3) is 0 Å². The van der Waals surface area contributed by atoms with Crippen LogP contribution in [0.2, 0.25) is 0 Å². The van der Waals surface area contributed by atoms with E-state index in [4.69, 9.17) is 0 Å². The number of H-pyrrole nitrogens is 1. The highest BCUT2D eigenvalue weighted by molar-refractivity contribution is 5.91. The van der Waals surface area contributed by atoms with Crippen molar-refractivity contribution in [2.75, 3.05) is 13.6 Å². The van der Waals surface area contributed by atoms with Crippen LogP contribution in [0.5, 0.6) is 0 Å². The van der Waals surface area contributed by atoms with Gasteiger partial charge < -0.3 is 4.90 Å². The molecule has 1 heterocycles. The lowest BCUT2D eigenvalue weighted by molar-refractivity contribution is 0.0787. The van der Waals surface area contributed by atoms with Crippen molar-refractivity contribution in [2.24, 2.45) is 0 Å². The Morgan fingerprint density at radius 3 is 3.00 bits per heavy atom. The van der Waals surface area contributed by atoms with Gasteiger partial charge in [-0.3, -0.25) is 9.89 Å². The van der Waals surface area contributed by atoms with Gasteiger partial charge in [-0.05, 0) is 12.5 Å². The standard InChI is InChI=1S/C9H15N3O/c1-3-4-7-12(2)9(13)8-5-6-10-11-8/h5-6H,3-4,7H2,1-2H3,(H,10,11). The minimum atomic E-state index is 0.00551. The third-order valence-electron chi connectivity index (χ3n) is 1.92. The van der Waals surface area contributed by atoms with Crippen LogP contribution >= 0.6 is 0 Å². The third-order valence-corrected chi connectivity index (χ3v) is 1.92. The normalized spacial score (nSPS) is 10.0. The fourth-order valence-corrected chi connectivity index (χ4v) is 1.08. The van der Waals surface area contributed by atoms with Gasteiger partial charge in [-0.1, -0.05) is 13.3 Å². The Labute approximate surface area is 77.9 Å². The summed E-state index contributed by atoms with van der Waals surface area (Å²) in [7, 11) is 1.80. The number of unbranched alkanes of at least 4 members (excludes halogenated alkanes) is 1. The fourth-order valence-electron chi connectivity index (χ4n) is 1.08. The summed E-state index contributed by atoms with van der Waals surface area (Å²) in [6, 6.07) is 1.69.